The lowest BCUT2D eigenvalue weighted by Crippen LogP contribution is -2.47. The number of hydrogen-bond acceptors (Lipinski definition) is 6. The zero-order chi connectivity index (χ0) is 29.1. The summed E-state index contributed by atoms with van der Waals surface area (Å²) in [6, 6.07) is 1.23. The molecule has 0 saturated carbocycles. The highest BCUT2D eigenvalue weighted by molar-refractivity contribution is 5.75. The lowest BCUT2D eigenvalue weighted by molar-refractivity contribution is 0.641. The lowest BCUT2D eigenvalue weighted by Gasteiger charge is -2.35. The molecule has 8 heteroatoms. The van der Waals surface area contributed by atoms with Crippen molar-refractivity contribution < 1.29 is 9.60 Å². The summed E-state index contributed by atoms with van der Waals surface area (Å²) in [4.78, 5) is 13.0. The molecular weight excluding hydrogens is 424 g/mol. The van der Waals surface area contributed by atoms with Crippen LogP contribution in [0.4, 0.5) is 11.6 Å². The van der Waals surface area contributed by atoms with E-state index in [9.17, 15) is 0 Å². The van der Waals surface area contributed by atoms with E-state index in [1.807, 2.05) is 41.3 Å². The first-order valence-corrected chi connectivity index (χ1v) is 10.9. The predicted molar refractivity (Wildman–Crippen MR) is 133 cm³/mol. The van der Waals surface area contributed by atoms with Gasteiger partial charge >= 0.3 is 0 Å². The zero-order valence-electron chi connectivity index (χ0n) is 25.5. The summed E-state index contributed by atoms with van der Waals surface area (Å²) in [5.74, 6) is 0.436. The number of pyridine rings is 1. The van der Waals surface area contributed by atoms with Crippen molar-refractivity contribution in [2.45, 2.75) is 6.37 Å². The molecule has 0 bridgehead atoms. The average molecular weight is 458 g/mol. The molecule has 1 aromatic carbocycles. The second kappa shape index (κ2) is 8.62. The fraction of sp³-hybridized carbons (Fsp3) is 0.231. The first kappa shape index (κ1) is 14.1. The third-order valence-electron chi connectivity index (χ3n) is 5.84. The van der Waals surface area contributed by atoms with Gasteiger partial charge < -0.3 is 9.80 Å². The standard InChI is InChI=1S/C26H26N8/c1-31-18-23(16-29-31)22-7-8-24-25(17-30-34(24)19-22)32-9-11-33(12-10-32)26-27-14-21(15-28-26)13-20-5-3-2-4-6-20/h2-8,14-19H,9-13H2,1H3/i2D,3D,4D,5D,6D,13D2. The molecule has 0 amide bonds. The van der Waals surface area contributed by atoms with Crippen molar-refractivity contribution in [1.29, 1.82) is 0 Å². The minimum absolute atomic E-state index is 0.00965. The van der Waals surface area contributed by atoms with Crippen molar-refractivity contribution in [2.24, 2.45) is 7.05 Å². The normalized spacial score (nSPS) is 17.5. The van der Waals surface area contributed by atoms with Gasteiger partial charge in [0, 0.05) is 78.3 Å². The summed E-state index contributed by atoms with van der Waals surface area (Å²) >= 11 is 0. The van der Waals surface area contributed by atoms with Crippen molar-refractivity contribution >= 4 is 17.2 Å². The van der Waals surface area contributed by atoms with E-state index in [0.717, 1.165) is 22.3 Å². The van der Waals surface area contributed by atoms with Gasteiger partial charge in [-0.05, 0) is 17.2 Å². The molecule has 4 aromatic heterocycles. The molecule has 34 heavy (non-hydrogen) atoms. The van der Waals surface area contributed by atoms with Gasteiger partial charge in [-0.15, -0.1) is 0 Å². The van der Waals surface area contributed by atoms with Gasteiger partial charge in [0.15, 0.2) is 0 Å². The van der Waals surface area contributed by atoms with E-state index in [1.165, 1.54) is 12.4 Å². The Morgan fingerprint density at radius 1 is 0.824 bits per heavy atom. The number of rotatable bonds is 5. The van der Waals surface area contributed by atoms with E-state index >= 15 is 0 Å². The van der Waals surface area contributed by atoms with Crippen molar-refractivity contribution in [2.75, 3.05) is 36.0 Å². The van der Waals surface area contributed by atoms with Crippen LogP contribution in [-0.4, -0.2) is 55.5 Å². The summed E-state index contributed by atoms with van der Waals surface area (Å²) in [7, 11) is 1.88. The molecule has 0 radical (unpaired) electrons. The molecule has 0 spiro atoms. The maximum Gasteiger partial charge on any atom is 0.225 e. The molecule has 5 aromatic rings. The molecule has 1 saturated heterocycles. The number of aryl methyl sites for hydroxylation is 1. The smallest absolute Gasteiger partial charge is 0.225 e. The summed E-state index contributed by atoms with van der Waals surface area (Å²) in [6.07, 6.45) is 7.90. The second-order valence-electron chi connectivity index (χ2n) is 8.05. The van der Waals surface area contributed by atoms with Crippen LogP contribution in [-0.2, 0) is 13.4 Å². The zero-order valence-corrected chi connectivity index (χ0v) is 18.5. The molecule has 170 valence electrons. The Morgan fingerprint density at radius 3 is 2.32 bits per heavy atom. The van der Waals surface area contributed by atoms with Gasteiger partial charge in [-0.3, -0.25) is 4.68 Å². The summed E-state index contributed by atoms with van der Waals surface area (Å²) in [6.45, 7) is 2.70. The molecule has 1 fully saturated rings. The molecule has 1 aliphatic heterocycles. The van der Waals surface area contributed by atoms with E-state index in [2.05, 4.69) is 37.2 Å². The van der Waals surface area contributed by atoms with Crippen molar-refractivity contribution in [3.8, 4) is 11.1 Å². The molecule has 0 unspecified atom stereocenters. The molecule has 0 aliphatic carbocycles. The number of aromatic nitrogens is 6. The van der Waals surface area contributed by atoms with Gasteiger partial charge in [0.25, 0.3) is 0 Å². The van der Waals surface area contributed by atoms with Crippen LogP contribution < -0.4 is 9.80 Å². The topological polar surface area (TPSA) is 67.4 Å². The Balaban J connectivity index is 1.17. The van der Waals surface area contributed by atoms with Crippen LogP contribution in [0.1, 0.15) is 20.7 Å². The maximum atomic E-state index is 8.59. The molecular formula is C26H26N8. The fourth-order valence-corrected chi connectivity index (χ4v) is 4.11. The Bertz CT molecular complexity index is 1730. The third-order valence-corrected chi connectivity index (χ3v) is 5.84. The van der Waals surface area contributed by atoms with Crippen LogP contribution >= 0.6 is 0 Å². The minimum atomic E-state index is -2.38. The lowest BCUT2D eigenvalue weighted by atomic mass is 10.1. The number of benzene rings is 1. The van der Waals surface area contributed by atoms with Gasteiger partial charge in [-0.1, -0.05) is 36.3 Å². The van der Waals surface area contributed by atoms with E-state index in [1.54, 1.807) is 4.68 Å². The Labute approximate surface area is 207 Å². The SMILES string of the molecule is [2H]c1c([2H])c([2H])c(C([2H])([2H])c2cnc(N3CCN(c4cnn5cc(-c6cnn(C)c6)ccc45)CC3)nc2)c([2H])c1[2H]. The van der Waals surface area contributed by atoms with Crippen LogP contribution in [0.15, 0.2) is 79.5 Å². The monoisotopic (exact) mass is 457 g/mol. The first-order chi connectivity index (χ1) is 19.6. The van der Waals surface area contributed by atoms with Gasteiger partial charge in [-0.25, -0.2) is 14.5 Å². The number of fused-ring (bicyclic) bond motifs is 1. The fourth-order valence-electron chi connectivity index (χ4n) is 4.11. The van der Waals surface area contributed by atoms with Gasteiger partial charge in [0.2, 0.25) is 5.95 Å². The molecule has 5 heterocycles. The number of hydrogen-bond donors (Lipinski definition) is 0. The molecule has 8 nitrogen and oxygen atoms in total. The quantitative estimate of drug-likeness (QED) is 0.403. The van der Waals surface area contributed by atoms with E-state index in [0.29, 0.717) is 32.1 Å². The van der Waals surface area contributed by atoms with Gasteiger partial charge in [0.05, 0.1) is 30.5 Å². The highest BCUT2D eigenvalue weighted by atomic mass is 15.3. The Kier molecular flexibility index (Phi) is 3.59. The largest absolute Gasteiger partial charge is 0.365 e. The third kappa shape index (κ3) is 3.98. The Morgan fingerprint density at radius 2 is 1.59 bits per heavy atom. The summed E-state index contributed by atoms with van der Waals surface area (Å²) in [5, 5.41) is 8.80. The second-order valence-corrected chi connectivity index (χ2v) is 8.05. The molecule has 0 N–H and O–H groups in total. The van der Waals surface area contributed by atoms with Crippen molar-refractivity contribution in [3.05, 3.63) is 90.7 Å². The van der Waals surface area contributed by atoms with E-state index < -0.39 is 42.1 Å². The van der Waals surface area contributed by atoms with Crippen LogP contribution in [0.5, 0.6) is 0 Å². The Hall–Kier alpha value is -4.20. The van der Waals surface area contributed by atoms with Crippen molar-refractivity contribution in [3.63, 3.8) is 0 Å². The maximum absolute atomic E-state index is 8.59. The highest BCUT2D eigenvalue weighted by Crippen LogP contribution is 2.26. The van der Waals surface area contributed by atoms with Gasteiger partial charge in [0.1, 0.15) is 0 Å². The summed E-state index contributed by atoms with van der Waals surface area (Å²) < 4.78 is 60.6. The van der Waals surface area contributed by atoms with Crippen LogP contribution in [0.2, 0.25) is 0 Å². The van der Waals surface area contributed by atoms with Gasteiger partial charge in [-0.2, -0.15) is 10.2 Å². The number of piperazine rings is 1. The van der Waals surface area contributed by atoms with Crippen molar-refractivity contribution in [1.82, 2.24) is 29.4 Å². The van der Waals surface area contributed by atoms with Crippen LogP contribution in [0.25, 0.3) is 16.6 Å². The molecule has 6 rings (SSSR count). The predicted octanol–water partition coefficient (Wildman–Crippen LogP) is 3.44. The van der Waals surface area contributed by atoms with E-state index in [-0.39, 0.29) is 5.56 Å². The average Bonchev–Trinajstić information content (AvgIpc) is 3.61. The van der Waals surface area contributed by atoms with Crippen LogP contribution in [0.3, 0.4) is 0 Å². The summed E-state index contributed by atoms with van der Waals surface area (Å²) in [5.41, 5.74) is 3.66. The number of anilines is 2. The molecule has 0 atom stereocenters. The minimum Gasteiger partial charge on any atom is -0.365 e. The van der Waals surface area contributed by atoms with E-state index in [4.69, 9.17) is 9.60 Å². The highest BCUT2D eigenvalue weighted by Gasteiger charge is 2.21. The number of nitrogens with zero attached hydrogens (tertiary/aromatic N) is 8. The first-order valence-electron chi connectivity index (χ1n) is 14.4. The van der Waals surface area contributed by atoms with Crippen LogP contribution in [0, 0.1) is 0 Å². The molecule has 1 aliphatic rings.